The molecule has 0 spiro atoms. The molecule has 2 aromatic carbocycles. The van der Waals surface area contributed by atoms with E-state index >= 15 is 0 Å². The van der Waals surface area contributed by atoms with E-state index < -0.39 is 0 Å². The number of carbonyl (C=O) groups excluding carboxylic acids is 1. The molecule has 0 aliphatic carbocycles. The number of hydrogen-bond acceptors (Lipinski definition) is 5. The van der Waals surface area contributed by atoms with Gasteiger partial charge in [-0.2, -0.15) is 0 Å². The smallest absolute Gasteiger partial charge is 0.258 e. The Bertz CT molecular complexity index is 979. The number of amides is 1. The Labute approximate surface area is 168 Å². The van der Waals surface area contributed by atoms with Gasteiger partial charge in [-0.25, -0.2) is 0 Å². The average Bonchev–Trinajstić information content (AvgIpc) is 2.92. The standard InChI is InChI=1S/C22H22N2O3S/c1-15-19(16(2)27-23-15)14-26-18-8-5-7-17(13-18)22(25)24-11-6-12-28-21-10-4-3-9-20(21)24/h3-5,7-10,13H,6,11-12,14H2,1-2H3. The summed E-state index contributed by atoms with van der Waals surface area (Å²) in [5, 5.41) is 3.95. The van der Waals surface area contributed by atoms with Crippen LogP contribution in [0.3, 0.4) is 0 Å². The predicted molar refractivity (Wildman–Crippen MR) is 110 cm³/mol. The van der Waals surface area contributed by atoms with Gasteiger partial charge in [0, 0.05) is 17.0 Å². The van der Waals surface area contributed by atoms with Crippen LogP contribution in [0.1, 0.15) is 33.8 Å². The number of nitrogens with zero attached hydrogens (tertiary/aromatic N) is 2. The number of aromatic nitrogens is 1. The van der Waals surface area contributed by atoms with Gasteiger partial charge in [-0.15, -0.1) is 11.8 Å². The van der Waals surface area contributed by atoms with Crippen molar-refractivity contribution in [2.24, 2.45) is 0 Å². The Kier molecular flexibility index (Phi) is 5.39. The molecule has 0 bridgehead atoms. The van der Waals surface area contributed by atoms with Crippen molar-refractivity contribution in [3.8, 4) is 5.75 Å². The van der Waals surface area contributed by atoms with Crippen LogP contribution in [0.15, 0.2) is 57.9 Å². The van der Waals surface area contributed by atoms with Crippen molar-refractivity contribution in [1.29, 1.82) is 0 Å². The molecule has 3 aromatic rings. The maximum absolute atomic E-state index is 13.2. The molecule has 6 heteroatoms. The number of carbonyl (C=O) groups is 1. The van der Waals surface area contributed by atoms with Crippen molar-refractivity contribution in [2.45, 2.75) is 31.8 Å². The molecule has 0 saturated heterocycles. The fourth-order valence-corrected chi connectivity index (χ4v) is 4.27. The highest BCUT2D eigenvalue weighted by atomic mass is 32.2. The predicted octanol–water partition coefficient (Wildman–Crippen LogP) is 5.01. The van der Waals surface area contributed by atoms with Crippen molar-refractivity contribution in [3.63, 3.8) is 0 Å². The zero-order valence-electron chi connectivity index (χ0n) is 16.0. The van der Waals surface area contributed by atoms with Gasteiger partial charge in [0.1, 0.15) is 18.1 Å². The van der Waals surface area contributed by atoms with Crippen molar-refractivity contribution in [3.05, 3.63) is 71.1 Å². The molecule has 144 valence electrons. The summed E-state index contributed by atoms with van der Waals surface area (Å²) in [5.41, 5.74) is 3.37. The Morgan fingerprint density at radius 2 is 2.07 bits per heavy atom. The van der Waals surface area contributed by atoms with Gasteiger partial charge in [-0.1, -0.05) is 23.4 Å². The maximum Gasteiger partial charge on any atom is 0.258 e. The molecule has 1 amide bonds. The van der Waals surface area contributed by atoms with E-state index in [4.69, 9.17) is 9.26 Å². The minimum atomic E-state index is -0.00209. The Balaban J connectivity index is 1.55. The summed E-state index contributed by atoms with van der Waals surface area (Å²) < 4.78 is 11.1. The van der Waals surface area contributed by atoms with Crippen LogP contribution in [0.2, 0.25) is 0 Å². The summed E-state index contributed by atoms with van der Waals surface area (Å²) in [6.07, 6.45) is 0.966. The molecule has 1 aromatic heterocycles. The Morgan fingerprint density at radius 3 is 2.89 bits per heavy atom. The quantitative estimate of drug-likeness (QED) is 0.622. The van der Waals surface area contributed by atoms with E-state index in [1.165, 1.54) is 0 Å². The molecule has 0 unspecified atom stereocenters. The number of anilines is 1. The lowest BCUT2D eigenvalue weighted by Gasteiger charge is -2.22. The van der Waals surface area contributed by atoms with Crippen molar-refractivity contribution in [2.75, 3.05) is 17.2 Å². The first kappa shape index (κ1) is 18.6. The highest BCUT2D eigenvalue weighted by Gasteiger charge is 2.22. The van der Waals surface area contributed by atoms with E-state index in [1.54, 1.807) is 17.8 Å². The maximum atomic E-state index is 13.2. The van der Waals surface area contributed by atoms with Gasteiger partial charge >= 0.3 is 0 Å². The number of benzene rings is 2. The molecule has 2 heterocycles. The number of ether oxygens (including phenoxy) is 1. The van der Waals surface area contributed by atoms with Crippen LogP contribution in [-0.2, 0) is 6.61 Å². The molecular weight excluding hydrogens is 372 g/mol. The minimum absolute atomic E-state index is 0.00209. The van der Waals surface area contributed by atoms with E-state index in [-0.39, 0.29) is 5.91 Å². The molecule has 0 fully saturated rings. The van der Waals surface area contributed by atoms with Crippen LogP contribution in [0.4, 0.5) is 5.69 Å². The lowest BCUT2D eigenvalue weighted by Crippen LogP contribution is -2.31. The highest BCUT2D eigenvalue weighted by Crippen LogP contribution is 2.34. The van der Waals surface area contributed by atoms with Crippen LogP contribution in [0, 0.1) is 13.8 Å². The lowest BCUT2D eigenvalue weighted by molar-refractivity contribution is 0.0986. The first-order valence-electron chi connectivity index (χ1n) is 9.32. The summed E-state index contributed by atoms with van der Waals surface area (Å²) >= 11 is 1.80. The normalized spacial score (nSPS) is 13.7. The van der Waals surface area contributed by atoms with Gasteiger partial charge in [0.25, 0.3) is 5.91 Å². The Hall–Kier alpha value is -2.73. The molecule has 28 heavy (non-hydrogen) atoms. The average molecular weight is 394 g/mol. The lowest BCUT2D eigenvalue weighted by atomic mass is 10.1. The van der Waals surface area contributed by atoms with Gasteiger partial charge in [-0.05, 0) is 56.4 Å². The van der Waals surface area contributed by atoms with Gasteiger partial charge in [0.15, 0.2) is 0 Å². The van der Waals surface area contributed by atoms with Gasteiger partial charge in [0.2, 0.25) is 0 Å². The van der Waals surface area contributed by atoms with E-state index in [9.17, 15) is 4.79 Å². The molecular formula is C22H22N2O3S. The molecule has 0 N–H and O–H groups in total. The van der Waals surface area contributed by atoms with Crippen LogP contribution in [0.25, 0.3) is 0 Å². The third-order valence-electron chi connectivity index (χ3n) is 4.83. The Morgan fingerprint density at radius 1 is 1.21 bits per heavy atom. The van der Waals surface area contributed by atoms with Crippen LogP contribution in [-0.4, -0.2) is 23.4 Å². The third-order valence-corrected chi connectivity index (χ3v) is 5.98. The van der Waals surface area contributed by atoms with Crippen molar-refractivity contribution < 1.29 is 14.1 Å². The summed E-state index contributed by atoms with van der Waals surface area (Å²) in [7, 11) is 0. The topological polar surface area (TPSA) is 55.6 Å². The highest BCUT2D eigenvalue weighted by molar-refractivity contribution is 7.99. The van der Waals surface area contributed by atoms with Crippen LogP contribution in [0.5, 0.6) is 5.75 Å². The van der Waals surface area contributed by atoms with E-state index in [2.05, 4.69) is 11.2 Å². The van der Waals surface area contributed by atoms with Crippen molar-refractivity contribution >= 4 is 23.4 Å². The molecule has 0 atom stereocenters. The number of hydrogen-bond donors (Lipinski definition) is 0. The summed E-state index contributed by atoms with van der Waals surface area (Å²) in [5.74, 6) is 2.42. The fourth-order valence-electron chi connectivity index (χ4n) is 3.28. The van der Waals surface area contributed by atoms with E-state index in [0.29, 0.717) is 24.5 Å². The number of aryl methyl sites for hydroxylation is 2. The first-order valence-corrected chi connectivity index (χ1v) is 10.3. The minimum Gasteiger partial charge on any atom is -0.489 e. The fraction of sp³-hybridized carbons (Fsp3) is 0.273. The summed E-state index contributed by atoms with van der Waals surface area (Å²) in [6, 6.07) is 15.5. The largest absolute Gasteiger partial charge is 0.489 e. The first-order chi connectivity index (χ1) is 13.6. The zero-order chi connectivity index (χ0) is 19.5. The molecule has 5 nitrogen and oxygen atoms in total. The summed E-state index contributed by atoms with van der Waals surface area (Å²) in [6.45, 7) is 4.84. The van der Waals surface area contributed by atoms with Crippen LogP contribution >= 0.6 is 11.8 Å². The van der Waals surface area contributed by atoms with Crippen LogP contribution < -0.4 is 9.64 Å². The molecule has 0 radical (unpaired) electrons. The third kappa shape index (κ3) is 3.78. The molecule has 0 saturated carbocycles. The molecule has 1 aliphatic heterocycles. The number of thioether (sulfide) groups is 1. The second-order valence-electron chi connectivity index (χ2n) is 6.75. The summed E-state index contributed by atoms with van der Waals surface area (Å²) in [4.78, 5) is 16.3. The SMILES string of the molecule is Cc1noc(C)c1COc1cccc(C(=O)N2CCCSc3ccccc32)c1. The molecule has 1 aliphatic rings. The number of fused-ring (bicyclic) bond motifs is 1. The van der Waals surface area contributed by atoms with Crippen molar-refractivity contribution in [1.82, 2.24) is 5.16 Å². The van der Waals surface area contributed by atoms with E-state index in [0.717, 1.165) is 39.8 Å². The monoisotopic (exact) mass is 394 g/mol. The van der Waals surface area contributed by atoms with E-state index in [1.807, 2.05) is 55.1 Å². The van der Waals surface area contributed by atoms with Gasteiger partial charge in [0.05, 0.1) is 16.9 Å². The number of rotatable bonds is 4. The van der Waals surface area contributed by atoms with Gasteiger partial charge < -0.3 is 14.2 Å². The second-order valence-corrected chi connectivity index (χ2v) is 7.88. The second kappa shape index (κ2) is 8.10. The number of para-hydroxylation sites is 1. The zero-order valence-corrected chi connectivity index (χ0v) is 16.8. The molecule has 4 rings (SSSR count). The van der Waals surface area contributed by atoms with Gasteiger partial charge in [-0.3, -0.25) is 4.79 Å².